The quantitative estimate of drug-likeness (QED) is 0.526. The van der Waals surface area contributed by atoms with Crippen LogP contribution in [0.15, 0.2) is 72.8 Å². The molecule has 134 valence electrons. The Morgan fingerprint density at radius 3 is 2.19 bits per heavy atom. The maximum atomic E-state index is 12.5. The number of ether oxygens (including phenoxy) is 1. The molecule has 0 radical (unpaired) electrons. The molecule has 0 aromatic heterocycles. The van der Waals surface area contributed by atoms with Crippen molar-refractivity contribution in [2.45, 2.75) is 6.04 Å². The summed E-state index contributed by atoms with van der Waals surface area (Å²) in [5.41, 5.74) is 1.93. The zero-order valence-corrected chi connectivity index (χ0v) is 14.1. The van der Waals surface area contributed by atoms with Gasteiger partial charge in [0.05, 0.1) is 11.0 Å². The number of rotatable bonds is 3. The van der Waals surface area contributed by atoms with E-state index in [0.29, 0.717) is 17.2 Å². The number of hydrogen-bond donors (Lipinski definition) is 2. The fraction of sp³-hybridized carbons (Fsp3) is 0.0500. The van der Waals surface area contributed by atoms with Gasteiger partial charge < -0.3 is 15.4 Å². The van der Waals surface area contributed by atoms with E-state index >= 15 is 0 Å². The molecule has 0 aliphatic carbocycles. The summed E-state index contributed by atoms with van der Waals surface area (Å²) in [5.74, 6) is 1.36. The first-order valence-corrected chi connectivity index (χ1v) is 8.29. The van der Waals surface area contributed by atoms with Crippen LogP contribution in [0.2, 0.25) is 0 Å². The number of nitrogens with one attached hydrogen (secondary N) is 2. The molecule has 0 saturated carbocycles. The van der Waals surface area contributed by atoms with Gasteiger partial charge in [0.25, 0.3) is 5.69 Å². The standard InChI is InChI=1S/C20H15N3O4/c24-20(21-13-6-5-7-14(12-13)23(25)26)22-19-15-8-1-3-10-17(15)27-18-11-4-2-9-16(18)19/h1-12,19H,(H2,21,22,24). The van der Waals surface area contributed by atoms with Crippen LogP contribution in [0.1, 0.15) is 17.2 Å². The lowest BCUT2D eigenvalue weighted by atomic mass is 9.95. The molecule has 0 spiro atoms. The van der Waals surface area contributed by atoms with Gasteiger partial charge in [0.15, 0.2) is 0 Å². The van der Waals surface area contributed by atoms with Gasteiger partial charge in [0.2, 0.25) is 0 Å². The lowest BCUT2D eigenvalue weighted by Crippen LogP contribution is -2.34. The SMILES string of the molecule is O=C(Nc1cccc([N+](=O)[O-])c1)NC1c2ccccc2Oc2ccccc21. The Morgan fingerprint density at radius 2 is 1.56 bits per heavy atom. The monoisotopic (exact) mass is 361 g/mol. The number of fused-ring (bicyclic) bond motifs is 2. The van der Waals surface area contributed by atoms with E-state index in [1.54, 1.807) is 6.07 Å². The van der Waals surface area contributed by atoms with E-state index in [2.05, 4.69) is 10.6 Å². The Kier molecular flexibility index (Phi) is 4.18. The zero-order chi connectivity index (χ0) is 18.8. The summed E-state index contributed by atoms with van der Waals surface area (Å²) in [5, 5.41) is 16.5. The highest BCUT2D eigenvalue weighted by atomic mass is 16.6. The third-order valence-corrected chi connectivity index (χ3v) is 4.27. The van der Waals surface area contributed by atoms with Crippen molar-refractivity contribution in [1.82, 2.24) is 5.32 Å². The third kappa shape index (κ3) is 3.30. The van der Waals surface area contributed by atoms with Crippen LogP contribution < -0.4 is 15.4 Å². The topological polar surface area (TPSA) is 93.5 Å². The van der Waals surface area contributed by atoms with E-state index in [1.165, 1.54) is 18.2 Å². The van der Waals surface area contributed by atoms with Crippen molar-refractivity contribution in [1.29, 1.82) is 0 Å². The Bertz CT molecular complexity index is 989. The molecule has 27 heavy (non-hydrogen) atoms. The number of carbonyl (C=O) groups is 1. The molecule has 3 aromatic rings. The number of hydrogen-bond acceptors (Lipinski definition) is 4. The number of nitrogens with zero attached hydrogens (tertiary/aromatic N) is 1. The van der Waals surface area contributed by atoms with Crippen molar-refractivity contribution in [3.63, 3.8) is 0 Å². The number of nitro benzene ring substituents is 1. The molecular weight excluding hydrogens is 346 g/mol. The normalized spacial score (nSPS) is 12.3. The number of amides is 2. The van der Waals surface area contributed by atoms with E-state index < -0.39 is 17.0 Å². The molecule has 7 nitrogen and oxygen atoms in total. The van der Waals surface area contributed by atoms with E-state index in [9.17, 15) is 14.9 Å². The average molecular weight is 361 g/mol. The van der Waals surface area contributed by atoms with Crippen LogP contribution in [0, 0.1) is 10.1 Å². The molecule has 0 atom stereocenters. The summed E-state index contributed by atoms with van der Waals surface area (Å²) in [4.78, 5) is 22.9. The number of urea groups is 1. The van der Waals surface area contributed by atoms with Crippen LogP contribution >= 0.6 is 0 Å². The minimum atomic E-state index is -0.506. The van der Waals surface area contributed by atoms with Gasteiger partial charge in [-0.05, 0) is 18.2 Å². The molecule has 0 bridgehead atoms. The van der Waals surface area contributed by atoms with Crippen molar-refractivity contribution in [3.05, 3.63) is 94.0 Å². The maximum absolute atomic E-state index is 12.5. The molecule has 0 unspecified atom stereocenters. The zero-order valence-electron chi connectivity index (χ0n) is 14.1. The second-order valence-corrected chi connectivity index (χ2v) is 6.02. The van der Waals surface area contributed by atoms with Crippen molar-refractivity contribution < 1.29 is 14.5 Å². The van der Waals surface area contributed by atoms with Crippen LogP contribution in [-0.4, -0.2) is 11.0 Å². The molecule has 3 aromatic carbocycles. The van der Waals surface area contributed by atoms with Gasteiger partial charge in [-0.3, -0.25) is 10.1 Å². The van der Waals surface area contributed by atoms with Crippen molar-refractivity contribution in [2.75, 3.05) is 5.32 Å². The molecule has 0 saturated heterocycles. The molecule has 7 heteroatoms. The van der Waals surface area contributed by atoms with Crippen molar-refractivity contribution in [3.8, 4) is 11.5 Å². The van der Waals surface area contributed by atoms with Crippen LogP contribution in [-0.2, 0) is 0 Å². The number of para-hydroxylation sites is 2. The Hall–Kier alpha value is -3.87. The lowest BCUT2D eigenvalue weighted by molar-refractivity contribution is -0.384. The molecule has 0 fully saturated rings. The Morgan fingerprint density at radius 1 is 0.926 bits per heavy atom. The maximum Gasteiger partial charge on any atom is 0.319 e. The molecule has 1 aliphatic heterocycles. The first kappa shape index (κ1) is 16.6. The van der Waals surface area contributed by atoms with Gasteiger partial charge in [0, 0.05) is 28.9 Å². The molecule has 1 aliphatic rings. The number of carbonyl (C=O) groups excluding carboxylic acids is 1. The van der Waals surface area contributed by atoms with E-state index in [1.807, 2.05) is 48.5 Å². The third-order valence-electron chi connectivity index (χ3n) is 4.27. The fourth-order valence-electron chi connectivity index (χ4n) is 3.06. The van der Waals surface area contributed by atoms with Crippen LogP contribution in [0.5, 0.6) is 11.5 Å². The lowest BCUT2D eigenvalue weighted by Gasteiger charge is -2.28. The van der Waals surface area contributed by atoms with Gasteiger partial charge in [-0.2, -0.15) is 0 Å². The second kappa shape index (κ2) is 6.80. The first-order chi connectivity index (χ1) is 13.1. The minimum absolute atomic E-state index is 0.0884. The van der Waals surface area contributed by atoms with E-state index in [0.717, 1.165) is 11.1 Å². The predicted molar refractivity (Wildman–Crippen MR) is 100 cm³/mol. The molecular formula is C20H15N3O4. The van der Waals surface area contributed by atoms with Crippen LogP contribution in [0.4, 0.5) is 16.2 Å². The van der Waals surface area contributed by atoms with E-state index in [4.69, 9.17) is 4.74 Å². The molecule has 1 heterocycles. The smallest absolute Gasteiger partial charge is 0.319 e. The van der Waals surface area contributed by atoms with Gasteiger partial charge in [-0.25, -0.2) is 4.79 Å². The minimum Gasteiger partial charge on any atom is -0.457 e. The fourth-order valence-corrected chi connectivity index (χ4v) is 3.06. The number of non-ortho nitro benzene ring substituents is 1. The summed E-state index contributed by atoms with van der Waals surface area (Å²) in [6.45, 7) is 0. The largest absolute Gasteiger partial charge is 0.457 e. The number of anilines is 1. The summed E-state index contributed by atoms with van der Waals surface area (Å²) in [7, 11) is 0. The first-order valence-electron chi connectivity index (χ1n) is 8.29. The molecule has 2 amide bonds. The highest BCUT2D eigenvalue weighted by Gasteiger charge is 2.28. The van der Waals surface area contributed by atoms with Crippen molar-refractivity contribution >= 4 is 17.4 Å². The van der Waals surface area contributed by atoms with Gasteiger partial charge in [-0.1, -0.05) is 42.5 Å². The summed E-state index contributed by atoms with van der Waals surface area (Å²) in [6.07, 6.45) is 0. The van der Waals surface area contributed by atoms with E-state index in [-0.39, 0.29) is 5.69 Å². The van der Waals surface area contributed by atoms with Crippen molar-refractivity contribution in [2.24, 2.45) is 0 Å². The molecule has 2 N–H and O–H groups in total. The highest BCUT2D eigenvalue weighted by molar-refractivity contribution is 5.90. The second-order valence-electron chi connectivity index (χ2n) is 6.02. The number of nitro groups is 1. The van der Waals surface area contributed by atoms with Gasteiger partial charge >= 0.3 is 6.03 Å². The van der Waals surface area contributed by atoms with Crippen LogP contribution in [0.25, 0.3) is 0 Å². The Balaban J connectivity index is 1.60. The summed E-state index contributed by atoms with van der Waals surface area (Å²) in [6, 6.07) is 19.9. The summed E-state index contributed by atoms with van der Waals surface area (Å²) >= 11 is 0. The number of benzene rings is 3. The molecule has 4 rings (SSSR count). The average Bonchev–Trinajstić information content (AvgIpc) is 2.68. The van der Waals surface area contributed by atoms with Gasteiger partial charge in [-0.15, -0.1) is 0 Å². The Labute approximate surface area is 154 Å². The summed E-state index contributed by atoms with van der Waals surface area (Å²) < 4.78 is 5.90. The highest BCUT2D eigenvalue weighted by Crippen LogP contribution is 2.42. The van der Waals surface area contributed by atoms with Crippen LogP contribution in [0.3, 0.4) is 0 Å². The van der Waals surface area contributed by atoms with Gasteiger partial charge in [0.1, 0.15) is 11.5 Å². The predicted octanol–water partition coefficient (Wildman–Crippen LogP) is 4.61.